The molecule has 234 valence electrons. The number of aliphatic imine (C=N–C) groups is 1. The molecule has 0 fully saturated rings. The van der Waals surface area contributed by atoms with Gasteiger partial charge >= 0.3 is 0 Å². The quantitative estimate of drug-likeness (QED) is 0.191. The van der Waals surface area contributed by atoms with Crippen LogP contribution in [0.25, 0.3) is 27.8 Å². The third kappa shape index (κ3) is 4.65. The smallest absolute Gasteiger partial charge is 0.0819 e. The van der Waals surface area contributed by atoms with E-state index in [1.165, 1.54) is 73.5 Å². The van der Waals surface area contributed by atoms with Gasteiger partial charge in [-0.05, 0) is 117 Å². The van der Waals surface area contributed by atoms with Gasteiger partial charge in [0, 0.05) is 34.1 Å². The molecule has 2 atom stereocenters. The van der Waals surface area contributed by atoms with Crippen LogP contribution in [0.5, 0.6) is 0 Å². The highest BCUT2D eigenvalue weighted by atomic mass is 15.1. The molecule has 0 aromatic heterocycles. The number of anilines is 3. The minimum absolute atomic E-state index is 0.0677. The van der Waals surface area contributed by atoms with Crippen molar-refractivity contribution in [2.75, 3.05) is 4.90 Å². The Bertz CT molecular complexity index is 2180. The number of rotatable bonds is 5. The summed E-state index contributed by atoms with van der Waals surface area (Å²) in [6, 6.07) is 45.0. The van der Waals surface area contributed by atoms with Crippen LogP contribution in [-0.2, 0) is 5.41 Å². The SMILES string of the molecule is CC1C=C(c2ccc(N(c3ccc(-c4ccccc4)cc3)c3ccc4c(c3)C(C)(C)c3ccccc3-4)cc2)C=C2C3=CCCCC3=NC21. The Morgan fingerprint density at radius 2 is 1.31 bits per heavy atom. The van der Waals surface area contributed by atoms with Gasteiger partial charge in [-0.25, -0.2) is 0 Å². The van der Waals surface area contributed by atoms with Gasteiger partial charge in [-0.3, -0.25) is 4.99 Å². The van der Waals surface area contributed by atoms with Gasteiger partial charge in [0.25, 0.3) is 0 Å². The largest absolute Gasteiger partial charge is 0.310 e. The lowest BCUT2D eigenvalue weighted by atomic mass is 9.81. The van der Waals surface area contributed by atoms with E-state index in [0.717, 1.165) is 24.2 Å². The molecule has 0 spiro atoms. The van der Waals surface area contributed by atoms with Gasteiger partial charge in [-0.15, -0.1) is 0 Å². The molecule has 0 bridgehead atoms. The number of fused-ring (bicyclic) bond motifs is 6. The summed E-state index contributed by atoms with van der Waals surface area (Å²) >= 11 is 0. The molecule has 1 aliphatic heterocycles. The standard InChI is InChI=1S/C46H40N2/c1-30-27-34(28-41-40-14-8-10-16-44(40)47-45(30)41)33-19-23-36(24-20-33)48(35-21-17-32(18-22-35)31-11-5-4-6-12-31)37-25-26-39-38-13-7-9-15-42(38)46(2,3)43(39)29-37/h4-7,9,11-15,17-30,45H,8,10,16H2,1-3H3. The van der Waals surface area contributed by atoms with Gasteiger partial charge < -0.3 is 4.90 Å². The lowest BCUT2D eigenvalue weighted by Gasteiger charge is -2.28. The van der Waals surface area contributed by atoms with Crippen molar-refractivity contribution < 1.29 is 0 Å². The molecule has 4 aliphatic rings. The molecule has 0 N–H and O–H groups in total. The maximum absolute atomic E-state index is 5.15. The molecule has 2 nitrogen and oxygen atoms in total. The van der Waals surface area contributed by atoms with Crippen molar-refractivity contribution in [3.05, 3.63) is 167 Å². The Labute approximate surface area is 284 Å². The number of nitrogens with zero attached hydrogens (tertiary/aromatic N) is 2. The summed E-state index contributed by atoms with van der Waals surface area (Å²) in [6.07, 6.45) is 10.8. The van der Waals surface area contributed by atoms with Crippen LogP contribution >= 0.6 is 0 Å². The second kappa shape index (κ2) is 11.2. The minimum Gasteiger partial charge on any atom is -0.310 e. The van der Waals surface area contributed by atoms with Gasteiger partial charge in [0.05, 0.1) is 6.04 Å². The van der Waals surface area contributed by atoms with Crippen molar-refractivity contribution >= 4 is 28.3 Å². The van der Waals surface area contributed by atoms with Crippen molar-refractivity contribution in [1.29, 1.82) is 0 Å². The van der Waals surface area contributed by atoms with Crippen LogP contribution in [0, 0.1) is 5.92 Å². The van der Waals surface area contributed by atoms with Crippen molar-refractivity contribution in [3.8, 4) is 22.3 Å². The zero-order valence-electron chi connectivity index (χ0n) is 27.9. The summed E-state index contributed by atoms with van der Waals surface area (Å²) in [5.41, 5.74) is 18.0. The van der Waals surface area contributed by atoms with E-state index in [0.29, 0.717) is 5.92 Å². The third-order valence-corrected chi connectivity index (χ3v) is 11.0. The second-order valence-electron chi connectivity index (χ2n) is 14.3. The van der Waals surface area contributed by atoms with Crippen molar-refractivity contribution in [2.24, 2.45) is 10.9 Å². The first-order chi connectivity index (χ1) is 23.5. The molecular formula is C46H40N2. The fraction of sp³-hybridized carbons (Fsp3) is 0.196. The van der Waals surface area contributed by atoms with Crippen LogP contribution in [0.4, 0.5) is 17.1 Å². The Morgan fingerprint density at radius 1 is 0.667 bits per heavy atom. The molecular weight excluding hydrogens is 581 g/mol. The maximum atomic E-state index is 5.15. The van der Waals surface area contributed by atoms with Gasteiger partial charge in [-0.1, -0.05) is 118 Å². The van der Waals surface area contributed by atoms with E-state index in [1.54, 1.807) is 0 Å². The fourth-order valence-electron chi connectivity index (χ4n) is 8.43. The first-order valence-corrected chi connectivity index (χ1v) is 17.5. The monoisotopic (exact) mass is 620 g/mol. The molecule has 0 radical (unpaired) electrons. The predicted octanol–water partition coefficient (Wildman–Crippen LogP) is 12.0. The molecule has 0 amide bonds. The average molecular weight is 621 g/mol. The van der Waals surface area contributed by atoms with Crippen LogP contribution in [0.15, 0.2) is 156 Å². The Hall–Kier alpha value is -5.21. The van der Waals surface area contributed by atoms with E-state index in [-0.39, 0.29) is 11.5 Å². The number of allylic oxidation sites excluding steroid dienone is 3. The van der Waals surface area contributed by atoms with Gasteiger partial charge in [-0.2, -0.15) is 0 Å². The summed E-state index contributed by atoms with van der Waals surface area (Å²) in [7, 11) is 0. The highest BCUT2D eigenvalue weighted by Crippen LogP contribution is 2.51. The van der Waals surface area contributed by atoms with E-state index in [1.807, 2.05) is 0 Å². The predicted molar refractivity (Wildman–Crippen MR) is 203 cm³/mol. The van der Waals surface area contributed by atoms with Crippen molar-refractivity contribution in [3.63, 3.8) is 0 Å². The van der Waals surface area contributed by atoms with Gasteiger partial charge in [0.2, 0.25) is 0 Å². The molecule has 0 saturated carbocycles. The third-order valence-electron chi connectivity index (χ3n) is 11.0. The molecule has 2 unspecified atom stereocenters. The summed E-state index contributed by atoms with van der Waals surface area (Å²) in [5, 5.41) is 0. The first kappa shape index (κ1) is 29.0. The van der Waals surface area contributed by atoms with Crippen molar-refractivity contribution in [2.45, 2.75) is 51.5 Å². The second-order valence-corrected chi connectivity index (χ2v) is 14.3. The van der Waals surface area contributed by atoms with E-state index in [2.05, 4.69) is 165 Å². The maximum Gasteiger partial charge on any atom is 0.0819 e. The Kier molecular flexibility index (Phi) is 6.76. The zero-order valence-corrected chi connectivity index (χ0v) is 27.9. The first-order valence-electron chi connectivity index (χ1n) is 17.5. The highest BCUT2D eigenvalue weighted by molar-refractivity contribution is 6.08. The van der Waals surface area contributed by atoms with Crippen LogP contribution in [0.3, 0.4) is 0 Å². The number of hydrogen-bond acceptors (Lipinski definition) is 2. The van der Waals surface area contributed by atoms with E-state index in [4.69, 9.17) is 4.99 Å². The molecule has 0 saturated heterocycles. The lowest BCUT2D eigenvalue weighted by molar-refractivity contribution is 0.620. The summed E-state index contributed by atoms with van der Waals surface area (Å²) in [5.74, 6) is 0.386. The molecule has 5 aromatic rings. The molecule has 5 aromatic carbocycles. The molecule has 9 rings (SSSR count). The molecule has 3 aliphatic carbocycles. The average Bonchev–Trinajstić information content (AvgIpc) is 3.62. The Morgan fingerprint density at radius 3 is 2.08 bits per heavy atom. The van der Waals surface area contributed by atoms with Crippen LogP contribution in [-0.4, -0.2) is 11.8 Å². The number of hydrogen-bond donors (Lipinski definition) is 0. The lowest BCUT2D eigenvalue weighted by Crippen LogP contribution is -2.18. The van der Waals surface area contributed by atoms with Gasteiger partial charge in [0.1, 0.15) is 0 Å². The molecule has 2 heteroatoms. The summed E-state index contributed by atoms with van der Waals surface area (Å²) < 4.78 is 0. The topological polar surface area (TPSA) is 15.6 Å². The molecule has 1 heterocycles. The van der Waals surface area contributed by atoms with E-state index >= 15 is 0 Å². The Balaban J connectivity index is 1.11. The van der Waals surface area contributed by atoms with Crippen LogP contribution in [0.2, 0.25) is 0 Å². The van der Waals surface area contributed by atoms with Crippen LogP contribution in [0.1, 0.15) is 56.7 Å². The minimum atomic E-state index is -0.0677. The molecule has 48 heavy (non-hydrogen) atoms. The van der Waals surface area contributed by atoms with Crippen LogP contribution < -0.4 is 4.90 Å². The summed E-state index contributed by atoms with van der Waals surface area (Å²) in [6.45, 7) is 7.03. The van der Waals surface area contributed by atoms with Gasteiger partial charge in [0.15, 0.2) is 0 Å². The van der Waals surface area contributed by atoms with E-state index < -0.39 is 0 Å². The fourth-order valence-corrected chi connectivity index (χ4v) is 8.43. The van der Waals surface area contributed by atoms with Crippen molar-refractivity contribution in [1.82, 2.24) is 0 Å². The highest BCUT2D eigenvalue weighted by Gasteiger charge is 2.36. The number of benzene rings is 5. The normalized spacial score (nSPS) is 20.0. The van der Waals surface area contributed by atoms with E-state index in [9.17, 15) is 0 Å². The zero-order chi connectivity index (χ0) is 32.4. The summed E-state index contributed by atoms with van der Waals surface area (Å²) in [4.78, 5) is 7.56.